The van der Waals surface area contributed by atoms with Crippen molar-refractivity contribution in [3.05, 3.63) is 23.3 Å². The maximum absolute atomic E-state index is 5.53. The van der Waals surface area contributed by atoms with Crippen LogP contribution in [0.3, 0.4) is 0 Å². The first-order valence-electron chi connectivity index (χ1n) is 6.64. The fraction of sp³-hybridized carbons (Fsp3) is 0.600. The van der Waals surface area contributed by atoms with E-state index in [1.807, 2.05) is 13.0 Å². The standard InChI is InChI=1S/C15H26N2O2/c1-7-16-10-13(17(3)4)12-9-14(18-5)11(2)8-15(12)19-6/h8-9,13,16H,7,10H2,1-6H3. The normalized spacial score (nSPS) is 12.6. The highest BCUT2D eigenvalue weighted by molar-refractivity contribution is 5.47. The number of likely N-dealkylation sites (N-methyl/N-ethyl adjacent to an activating group) is 2. The summed E-state index contributed by atoms with van der Waals surface area (Å²) in [5, 5.41) is 3.39. The lowest BCUT2D eigenvalue weighted by Crippen LogP contribution is -2.31. The summed E-state index contributed by atoms with van der Waals surface area (Å²) in [5.41, 5.74) is 2.24. The summed E-state index contributed by atoms with van der Waals surface area (Å²) in [6.07, 6.45) is 0. The van der Waals surface area contributed by atoms with Crippen LogP contribution >= 0.6 is 0 Å². The number of rotatable bonds is 7. The van der Waals surface area contributed by atoms with Crippen LogP contribution < -0.4 is 14.8 Å². The van der Waals surface area contributed by atoms with Gasteiger partial charge in [-0.3, -0.25) is 0 Å². The van der Waals surface area contributed by atoms with Crippen LogP contribution in [0.1, 0.15) is 24.1 Å². The van der Waals surface area contributed by atoms with Crippen molar-refractivity contribution < 1.29 is 9.47 Å². The molecule has 0 saturated carbocycles. The molecule has 4 nitrogen and oxygen atoms in total. The average Bonchev–Trinajstić information content (AvgIpc) is 2.39. The van der Waals surface area contributed by atoms with E-state index in [1.54, 1.807) is 14.2 Å². The summed E-state index contributed by atoms with van der Waals surface area (Å²) in [6.45, 7) is 5.97. The molecule has 19 heavy (non-hydrogen) atoms. The third-order valence-corrected chi connectivity index (χ3v) is 3.32. The fourth-order valence-corrected chi connectivity index (χ4v) is 2.19. The van der Waals surface area contributed by atoms with Crippen LogP contribution in [0.2, 0.25) is 0 Å². The van der Waals surface area contributed by atoms with Gasteiger partial charge in [-0.2, -0.15) is 0 Å². The average molecular weight is 266 g/mol. The minimum Gasteiger partial charge on any atom is -0.496 e. The highest BCUT2D eigenvalue weighted by Gasteiger charge is 2.20. The van der Waals surface area contributed by atoms with E-state index in [2.05, 4.69) is 37.3 Å². The molecule has 0 bridgehead atoms. The third-order valence-electron chi connectivity index (χ3n) is 3.32. The summed E-state index contributed by atoms with van der Waals surface area (Å²) < 4.78 is 11.0. The molecule has 1 N–H and O–H groups in total. The van der Waals surface area contributed by atoms with Gasteiger partial charge in [0.25, 0.3) is 0 Å². The van der Waals surface area contributed by atoms with Crippen molar-refractivity contribution in [2.45, 2.75) is 19.9 Å². The highest BCUT2D eigenvalue weighted by atomic mass is 16.5. The zero-order valence-corrected chi connectivity index (χ0v) is 12.9. The Morgan fingerprint density at radius 3 is 2.26 bits per heavy atom. The van der Waals surface area contributed by atoms with E-state index in [4.69, 9.17) is 9.47 Å². The highest BCUT2D eigenvalue weighted by Crippen LogP contribution is 2.34. The molecule has 0 spiro atoms. The number of hydrogen-bond acceptors (Lipinski definition) is 4. The van der Waals surface area contributed by atoms with Gasteiger partial charge in [-0.1, -0.05) is 6.92 Å². The Morgan fingerprint density at radius 2 is 1.79 bits per heavy atom. The molecule has 1 rings (SSSR count). The van der Waals surface area contributed by atoms with Crippen molar-refractivity contribution in [2.24, 2.45) is 0 Å². The van der Waals surface area contributed by atoms with E-state index < -0.39 is 0 Å². The van der Waals surface area contributed by atoms with Crippen LogP contribution in [-0.2, 0) is 0 Å². The van der Waals surface area contributed by atoms with E-state index >= 15 is 0 Å². The molecular formula is C15H26N2O2. The molecule has 0 aliphatic heterocycles. The molecular weight excluding hydrogens is 240 g/mol. The van der Waals surface area contributed by atoms with Gasteiger partial charge in [0.1, 0.15) is 11.5 Å². The Kier molecular flexibility index (Phi) is 6.12. The van der Waals surface area contributed by atoms with Crippen LogP contribution in [0, 0.1) is 6.92 Å². The predicted molar refractivity (Wildman–Crippen MR) is 79.3 cm³/mol. The molecule has 1 aromatic carbocycles. The van der Waals surface area contributed by atoms with Crippen molar-refractivity contribution in [2.75, 3.05) is 41.4 Å². The molecule has 0 fully saturated rings. The summed E-state index contributed by atoms with van der Waals surface area (Å²) in [7, 11) is 7.57. The fourth-order valence-electron chi connectivity index (χ4n) is 2.19. The SMILES string of the molecule is CCNCC(c1cc(OC)c(C)cc1OC)N(C)C. The minimum atomic E-state index is 0.254. The predicted octanol–water partition coefficient (Wildman–Crippen LogP) is 2.22. The molecule has 1 aromatic rings. The first-order chi connectivity index (χ1) is 9.04. The van der Waals surface area contributed by atoms with Gasteiger partial charge in [-0.05, 0) is 45.3 Å². The lowest BCUT2D eigenvalue weighted by atomic mass is 10.0. The number of nitrogens with zero attached hydrogens (tertiary/aromatic N) is 1. The van der Waals surface area contributed by atoms with Crippen molar-refractivity contribution in [3.8, 4) is 11.5 Å². The monoisotopic (exact) mass is 266 g/mol. The number of ether oxygens (including phenoxy) is 2. The maximum Gasteiger partial charge on any atom is 0.124 e. The quantitative estimate of drug-likeness (QED) is 0.820. The number of benzene rings is 1. The number of hydrogen-bond donors (Lipinski definition) is 1. The molecule has 0 radical (unpaired) electrons. The van der Waals surface area contributed by atoms with Gasteiger partial charge < -0.3 is 19.7 Å². The van der Waals surface area contributed by atoms with Crippen LogP contribution in [0.15, 0.2) is 12.1 Å². The van der Waals surface area contributed by atoms with Gasteiger partial charge in [-0.15, -0.1) is 0 Å². The van der Waals surface area contributed by atoms with Crippen LogP contribution in [0.25, 0.3) is 0 Å². The Labute approximate surface area is 116 Å². The Hall–Kier alpha value is -1.26. The summed E-state index contributed by atoms with van der Waals surface area (Å²) in [6, 6.07) is 4.37. The lowest BCUT2D eigenvalue weighted by molar-refractivity contribution is 0.279. The second-order valence-corrected chi connectivity index (χ2v) is 4.85. The first-order valence-corrected chi connectivity index (χ1v) is 6.64. The van der Waals surface area contributed by atoms with Crippen LogP contribution in [0.5, 0.6) is 11.5 Å². The zero-order chi connectivity index (χ0) is 14.4. The van der Waals surface area contributed by atoms with E-state index in [0.29, 0.717) is 0 Å². The van der Waals surface area contributed by atoms with E-state index in [-0.39, 0.29) is 6.04 Å². The second kappa shape index (κ2) is 7.36. The molecule has 0 aliphatic rings. The lowest BCUT2D eigenvalue weighted by Gasteiger charge is -2.27. The molecule has 1 unspecified atom stereocenters. The maximum atomic E-state index is 5.53. The first kappa shape index (κ1) is 15.8. The molecule has 1 atom stereocenters. The van der Waals surface area contributed by atoms with Crippen molar-refractivity contribution >= 4 is 0 Å². The smallest absolute Gasteiger partial charge is 0.124 e. The number of aryl methyl sites for hydroxylation is 1. The van der Waals surface area contributed by atoms with Gasteiger partial charge in [0.15, 0.2) is 0 Å². The van der Waals surface area contributed by atoms with Crippen molar-refractivity contribution in [1.82, 2.24) is 10.2 Å². The van der Waals surface area contributed by atoms with Gasteiger partial charge in [-0.25, -0.2) is 0 Å². The number of methoxy groups -OCH3 is 2. The zero-order valence-electron chi connectivity index (χ0n) is 12.9. The van der Waals surface area contributed by atoms with Gasteiger partial charge >= 0.3 is 0 Å². The van der Waals surface area contributed by atoms with E-state index in [9.17, 15) is 0 Å². The molecule has 108 valence electrons. The Bertz CT molecular complexity index is 405. The van der Waals surface area contributed by atoms with Gasteiger partial charge in [0, 0.05) is 12.1 Å². The molecule has 0 aromatic heterocycles. The van der Waals surface area contributed by atoms with E-state index in [1.165, 1.54) is 0 Å². The summed E-state index contributed by atoms with van der Waals surface area (Å²) in [5.74, 6) is 1.81. The van der Waals surface area contributed by atoms with E-state index in [0.717, 1.165) is 35.7 Å². The van der Waals surface area contributed by atoms with Crippen molar-refractivity contribution in [1.29, 1.82) is 0 Å². The molecule has 0 amide bonds. The number of nitrogens with one attached hydrogen (secondary N) is 1. The summed E-state index contributed by atoms with van der Waals surface area (Å²) >= 11 is 0. The Balaban J connectivity index is 3.19. The molecule has 0 aliphatic carbocycles. The minimum absolute atomic E-state index is 0.254. The molecule has 4 heteroatoms. The van der Waals surface area contributed by atoms with Crippen molar-refractivity contribution in [3.63, 3.8) is 0 Å². The molecule has 0 heterocycles. The van der Waals surface area contributed by atoms with Crippen LogP contribution in [0.4, 0.5) is 0 Å². The Morgan fingerprint density at radius 1 is 1.16 bits per heavy atom. The van der Waals surface area contributed by atoms with Gasteiger partial charge in [0.2, 0.25) is 0 Å². The van der Waals surface area contributed by atoms with Crippen LogP contribution in [-0.4, -0.2) is 46.3 Å². The summed E-state index contributed by atoms with van der Waals surface area (Å²) in [4.78, 5) is 2.19. The largest absolute Gasteiger partial charge is 0.496 e. The second-order valence-electron chi connectivity index (χ2n) is 4.85. The molecule has 0 saturated heterocycles. The third kappa shape index (κ3) is 3.85. The topological polar surface area (TPSA) is 33.7 Å². The van der Waals surface area contributed by atoms with Gasteiger partial charge in [0.05, 0.1) is 20.3 Å².